The minimum atomic E-state index is -1.17. The molecule has 1 aliphatic rings. The number of imide groups is 1. The van der Waals surface area contributed by atoms with Crippen LogP contribution in [0.4, 0.5) is 0 Å². The number of carbonyl (C=O) groups is 3. The van der Waals surface area contributed by atoms with Crippen LogP contribution < -0.4 is 11.5 Å². The molecule has 0 aromatic carbocycles. The highest BCUT2D eigenvalue weighted by Crippen LogP contribution is 2.26. The molecule has 0 aliphatic carbocycles. The number of nitrogens with two attached hydrogens (primary N) is 2. The molecular formula is C35H65N5O15S. The van der Waals surface area contributed by atoms with Gasteiger partial charge in [0, 0.05) is 25.0 Å². The number of amides is 2. The quantitative estimate of drug-likeness (QED) is 0.0419. The Bertz CT molecular complexity index is 1050. The van der Waals surface area contributed by atoms with E-state index in [1.807, 2.05) is 0 Å². The summed E-state index contributed by atoms with van der Waals surface area (Å²) in [6.45, 7) is 12.9. The van der Waals surface area contributed by atoms with Gasteiger partial charge >= 0.3 is 5.97 Å². The predicted molar refractivity (Wildman–Crippen MR) is 204 cm³/mol. The first kappa shape index (κ1) is 51.6. The van der Waals surface area contributed by atoms with Crippen molar-refractivity contribution in [3.63, 3.8) is 0 Å². The van der Waals surface area contributed by atoms with Crippen LogP contribution in [0.5, 0.6) is 0 Å². The summed E-state index contributed by atoms with van der Waals surface area (Å²) in [6, 6.07) is -1.12. The second kappa shape index (κ2) is 38.2. The fourth-order valence-electron chi connectivity index (χ4n) is 4.21. The number of aliphatic carboxylic acids is 1. The van der Waals surface area contributed by atoms with Crippen LogP contribution in [0, 0.1) is 0 Å². The first-order chi connectivity index (χ1) is 27.4. The van der Waals surface area contributed by atoms with Gasteiger partial charge in [0.05, 0.1) is 163 Å². The van der Waals surface area contributed by atoms with Crippen molar-refractivity contribution in [3.05, 3.63) is 11.9 Å². The summed E-state index contributed by atoms with van der Waals surface area (Å²) < 4.78 is 59.9. The van der Waals surface area contributed by atoms with Crippen molar-refractivity contribution >= 4 is 29.5 Å². The molecule has 21 heteroatoms. The van der Waals surface area contributed by atoms with E-state index in [1.165, 1.54) is 6.20 Å². The van der Waals surface area contributed by atoms with Crippen LogP contribution in [-0.4, -0.2) is 203 Å². The van der Waals surface area contributed by atoms with Crippen molar-refractivity contribution in [1.29, 1.82) is 0 Å². The molecule has 0 spiro atoms. The van der Waals surface area contributed by atoms with Crippen molar-refractivity contribution in [2.24, 2.45) is 21.7 Å². The van der Waals surface area contributed by atoms with Crippen LogP contribution in [0.15, 0.2) is 22.1 Å². The summed E-state index contributed by atoms with van der Waals surface area (Å²) in [5, 5.41) is 16.2. The van der Waals surface area contributed by atoms with Gasteiger partial charge in [-0.05, 0) is 6.42 Å². The molecule has 0 radical (unpaired) electrons. The minimum Gasteiger partial charge on any atom is -0.480 e. The Morgan fingerprint density at radius 2 is 1.05 bits per heavy atom. The monoisotopic (exact) mass is 827 g/mol. The standard InChI is InChI=1S/C35H65N5O15S/c1-2-4-45-6-8-47-10-12-49-14-16-51-18-20-53-22-24-55-25-23-54-21-19-52-17-15-50-13-11-48-9-7-46-5-3-38-39-30(27-36)28-40-33(41)26-32(34(40)42)56-29-31(37)35(43)44/h27,31-32H,2-26,28-29,36-37H2,1H3,(H,43,44)/b30-27-,39-38-. The van der Waals surface area contributed by atoms with Gasteiger partial charge in [-0.3, -0.25) is 19.3 Å². The van der Waals surface area contributed by atoms with Crippen molar-refractivity contribution in [2.75, 3.05) is 164 Å². The van der Waals surface area contributed by atoms with Crippen LogP contribution in [0.2, 0.25) is 0 Å². The van der Waals surface area contributed by atoms with Crippen LogP contribution in [0.1, 0.15) is 19.8 Å². The summed E-state index contributed by atoms with van der Waals surface area (Å²) in [7, 11) is 0. The fraction of sp³-hybridized carbons (Fsp3) is 0.857. The molecule has 1 aliphatic heterocycles. The Hall–Kier alpha value is -2.38. The molecule has 326 valence electrons. The third kappa shape index (κ3) is 29.8. The lowest BCUT2D eigenvalue weighted by molar-refractivity contribution is -0.139. The molecule has 0 aromatic rings. The van der Waals surface area contributed by atoms with Gasteiger partial charge in [-0.1, -0.05) is 6.92 Å². The van der Waals surface area contributed by atoms with Crippen molar-refractivity contribution in [3.8, 4) is 0 Å². The van der Waals surface area contributed by atoms with Gasteiger partial charge < -0.3 is 68.7 Å². The Morgan fingerprint density at radius 3 is 1.39 bits per heavy atom. The minimum absolute atomic E-state index is 0.0137. The van der Waals surface area contributed by atoms with Crippen molar-refractivity contribution < 1.29 is 71.6 Å². The topological polar surface area (TPSA) is 253 Å². The van der Waals surface area contributed by atoms with Crippen molar-refractivity contribution in [2.45, 2.75) is 31.1 Å². The molecule has 2 atom stereocenters. The molecular weight excluding hydrogens is 762 g/mol. The second-order valence-electron chi connectivity index (χ2n) is 11.6. The number of carboxylic acids is 1. The molecule has 1 saturated heterocycles. The van der Waals surface area contributed by atoms with Crippen LogP contribution in [0.25, 0.3) is 0 Å². The molecule has 0 bridgehead atoms. The summed E-state index contributed by atoms with van der Waals surface area (Å²) in [6.07, 6.45) is 2.14. The van der Waals surface area contributed by atoms with Gasteiger partial charge in [-0.15, -0.1) is 11.8 Å². The van der Waals surface area contributed by atoms with E-state index in [1.54, 1.807) is 0 Å². The SMILES string of the molecule is CCCOCCOCCOCCOCCOCCOCCOCCOCCOCCOCCOCC/N=N\C(=C/N)CN1C(=O)CC(SCC(N)C(=O)O)C1=O. The van der Waals surface area contributed by atoms with E-state index in [-0.39, 0.29) is 37.6 Å². The number of hydrogen-bond donors (Lipinski definition) is 3. The summed E-state index contributed by atoms with van der Waals surface area (Å²) in [4.78, 5) is 36.8. The highest BCUT2D eigenvalue weighted by atomic mass is 32.2. The molecule has 1 fully saturated rings. The molecule has 1 rings (SSSR count). The number of ether oxygens (including phenoxy) is 11. The van der Waals surface area contributed by atoms with Gasteiger partial charge in [-0.2, -0.15) is 10.2 Å². The number of rotatable bonds is 42. The smallest absolute Gasteiger partial charge is 0.321 e. The number of hydrogen-bond acceptors (Lipinski definition) is 19. The van der Waals surface area contributed by atoms with Gasteiger partial charge in [0.2, 0.25) is 11.8 Å². The zero-order valence-corrected chi connectivity index (χ0v) is 33.7. The lowest BCUT2D eigenvalue weighted by atomic mass is 10.3. The largest absolute Gasteiger partial charge is 0.480 e. The number of carbonyl (C=O) groups excluding carboxylic acids is 2. The van der Waals surface area contributed by atoms with Crippen molar-refractivity contribution in [1.82, 2.24) is 4.90 Å². The lowest BCUT2D eigenvalue weighted by Gasteiger charge is -2.15. The van der Waals surface area contributed by atoms with Gasteiger partial charge in [0.15, 0.2) is 0 Å². The van der Waals surface area contributed by atoms with E-state index in [9.17, 15) is 14.4 Å². The highest BCUT2D eigenvalue weighted by Gasteiger charge is 2.39. The van der Waals surface area contributed by atoms with Crippen LogP contribution in [0.3, 0.4) is 0 Å². The van der Waals surface area contributed by atoms with Gasteiger partial charge in [-0.25, -0.2) is 0 Å². The molecule has 2 unspecified atom stereocenters. The number of likely N-dealkylation sites (tertiary alicyclic amines) is 1. The Kier molecular flexibility index (Phi) is 35.2. The van der Waals surface area contributed by atoms with E-state index < -0.39 is 29.1 Å². The fourth-order valence-corrected chi connectivity index (χ4v) is 5.32. The van der Waals surface area contributed by atoms with E-state index in [0.29, 0.717) is 132 Å². The summed E-state index contributed by atoms with van der Waals surface area (Å²) in [5.41, 5.74) is 11.3. The zero-order valence-electron chi connectivity index (χ0n) is 32.9. The number of nitrogens with zero attached hydrogens (tertiary/aromatic N) is 3. The third-order valence-corrected chi connectivity index (χ3v) is 8.43. The normalized spacial score (nSPS) is 15.5. The molecule has 56 heavy (non-hydrogen) atoms. The van der Waals surface area contributed by atoms with Crippen LogP contribution in [-0.2, 0) is 66.5 Å². The Morgan fingerprint density at radius 1 is 0.696 bits per heavy atom. The Balaban J connectivity index is 1.79. The maximum Gasteiger partial charge on any atom is 0.321 e. The number of thioether (sulfide) groups is 1. The maximum absolute atomic E-state index is 12.6. The summed E-state index contributed by atoms with van der Waals surface area (Å²) >= 11 is 1.04. The lowest BCUT2D eigenvalue weighted by Crippen LogP contribution is -2.35. The molecule has 2 amide bonds. The van der Waals surface area contributed by atoms with E-state index in [2.05, 4.69) is 17.2 Å². The predicted octanol–water partition coefficient (Wildman–Crippen LogP) is 0.104. The average molecular weight is 828 g/mol. The van der Waals surface area contributed by atoms with E-state index in [0.717, 1.165) is 29.7 Å². The average Bonchev–Trinajstić information content (AvgIpc) is 3.46. The number of carboxylic acid groups (broad SMARTS) is 1. The molecule has 20 nitrogen and oxygen atoms in total. The molecule has 0 aromatic heterocycles. The van der Waals surface area contributed by atoms with Gasteiger partial charge in [0.25, 0.3) is 0 Å². The highest BCUT2D eigenvalue weighted by molar-refractivity contribution is 8.00. The Labute approximate surface area is 334 Å². The van der Waals surface area contributed by atoms with E-state index in [4.69, 9.17) is 68.7 Å². The third-order valence-electron chi connectivity index (χ3n) is 7.11. The number of azo groups is 1. The van der Waals surface area contributed by atoms with E-state index >= 15 is 0 Å². The molecule has 5 N–H and O–H groups in total. The van der Waals surface area contributed by atoms with Crippen LogP contribution >= 0.6 is 11.8 Å². The zero-order chi connectivity index (χ0) is 40.7. The first-order valence-electron chi connectivity index (χ1n) is 19.0. The maximum atomic E-state index is 12.6. The van der Waals surface area contributed by atoms with Gasteiger partial charge in [0.1, 0.15) is 6.04 Å². The molecule has 0 saturated carbocycles. The first-order valence-corrected chi connectivity index (χ1v) is 20.0. The second-order valence-corrected chi connectivity index (χ2v) is 12.9. The molecule has 1 heterocycles. The summed E-state index contributed by atoms with van der Waals surface area (Å²) in [5.74, 6) is -1.99.